The molecule has 0 saturated heterocycles. The minimum Gasteiger partial charge on any atom is -0.497 e. The van der Waals surface area contributed by atoms with E-state index in [9.17, 15) is 4.79 Å². The first-order chi connectivity index (χ1) is 9.69. The second-order valence-corrected chi connectivity index (χ2v) is 4.26. The molecule has 0 aliphatic carbocycles. The molecule has 0 bridgehead atoms. The highest BCUT2D eigenvalue weighted by molar-refractivity contribution is 5.88. The van der Waals surface area contributed by atoms with Crippen LogP contribution >= 0.6 is 0 Å². The maximum atomic E-state index is 10.8. The Morgan fingerprint density at radius 2 is 2.20 bits per heavy atom. The van der Waals surface area contributed by atoms with Crippen molar-refractivity contribution in [2.45, 2.75) is 6.42 Å². The summed E-state index contributed by atoms with van der Waals surface area (Å²) in [6, 6.07) is 10.8. The second-order valence-electron chi connectivity index (χ2n) is 4.26. The number of carbonyl (C=O) groups is 1. The number of nitrogens with one attached hydrogen (secondary N) is 1. The monoisotopic (exact) mass is 272 g/mol. The van der Waals surface area contributed by atoms with E-state index in [-0.39, 0.29) is 5.56 Å². The Balaban J connectivity index is 1.92. The smallest absolute Gasteiger partial charge is 0.335 e. The lowest BCUT2D eigenvalue weighted by molar-refractivity contribution is 0.0697. The van der Waals surface area contributed by atoms with Gasteiger partial charge in [-0.15, -0.1) is 0 Å². The first kappa shape index (κ1) is 13.9. The van der Waals surface area contributed by atoms with Gasteiger partial charge in [0, 0.05) is 12.7 Å². The van der Waals surface area contributed by atoms with Gasteiger partial charge in [0.25, 0.3) is 0 Å². The second kappa shape index (κ2) is 6.56. The fraction of sp³-hybridized carbons (Fsp3) is 0.200. The average Bonchev–Trinajstić information content (AvgIpc) is 2.48. The summed E-state index contributed by atoms with van der Waals surface area (Å²) >= 11 is 0. The number of aromatic nitrogens is 1. The predicted molar refractivity (Wildman–Crippen MR) is 76.4 cm³/mol. The number of benzene rings is 1. The van der Waals surface area contributed by atoms with Crippen LogP contribution in [0.2, 0.25) is 0 Å². The van der Waals surface area contributed by atoms with Crippen LogP contribution in [0.1, 0.15) is 15.9 Å². The number of methoxy groups -OCH3 is 1. The summed E-state index contributed by atoms with van der Waals surface area (Å²) in [7, 11) is 1.64. The minimum absolute atomic E-state index is 0.226. The molecule has 5 heteroatoms. The van der Waals surface area contributed by atoms with Crippen LogP contribution < -0.4 is 10.1 Å². The summed E-state index contributed by atoms with van der Waals surface area (Å²) in [5.41, 5.74) is 1.37. The molecule has 20 heavy (non-hydrogen) atoms. The maximum Gasteiger partial charge on any atom is 0.335 e. The van der Waals surface area contributed by atoms with Gasteiger partial charge in [-0.2, -0.15) is 0 Å². The SMILES string of the molecule is COc1cccc(CCNc2cc(C(=O)O)ccn2)c1. The Labute approximate surface area is 117 Å². The molecule has 0 radical (unpaired) electrons. The normalized spacial score (nSPS) is 10.1. The quantitative estimate of drug-likeness (QED) is 0.845. The summed E-state index contributed by atoms with van der Waals surface area (Å²) in [6.45, 7) is 0.670. The van der Waals surface area contributed by atoms with Gasteiger partial charge in [0.05, 0.1) is 12.7 Å². The highest BCUT2D eigenvalue weighted by Crippen LogP contribution is 2.13. The maximum absolute atomic E-state index is 10.8. The zero-order valence-electron chi connectivity index (χ0n) is 11.2. The van der Waals surface area contributed by atoms with Crippen molar-refractivity contribution < 1.29 is 14.6 Å². The molecule has 0 unspecified atom stereocenters. The molecule has 0 amide bonds. The minimum atomic E-state index is -0.955. The standard InChI is InChI=1S/C15H16N2O3/c1-20-13-4-2-3-11(9-13)5-7-16-14-10-12(15(18)19)6-8-17-14/h2-4,6,8-10H,5,7H2,1H3,(H,16,17)(H,18,19). The average molecular weight is 272 g/mol. The molecule has 1 aromatic heterocycles. The van der Waals surface area contributed by atoms with Crippen LogP contribution in [0.3, 0.4) is 0 Å². The summed E-state index contributed by atoms with van der Waals surface area (Å²) < 4.78 is 5.16. The van der Waals surface area contributed by atoms with Gasteiger partial charge in [-0.3, -0.25) is 0 Å². The van der Waals surface area contributed by atoms with Gasteiger partial charge in [-0.1, -0.05) is 12.1 Å². The molecule has 1 heterocycles. The largest absolute Gasteiger partial charge is 0.497 e. The number of pyridine rings is 1. The molecule has 1 aromatic carbocycles. The molecule has 0 atom stereocenters. The van der Waals surface area contributed by atoms with E-state index in [1.165, 1.54) is 18.3 Å². The lowest BCUT2D eigenvalue weighted by Gasteiger charge is -2.07. The summed E-state index contributed by atoms with van der Waals surface area (Å²) in [5, 5.41) is 12.0. The Morgan fingerprint density at radius 1 is 1.35 bits per heavy atom. The molecule has 0 spiro atoms. The van der Waals surface area contributed by atoms with Crippen molar-refractivity contribution in [3.63, 3.8) is 0 Å². The van der Waals surface area contributed by atoms with E-state index in [2.05, 4.69) is 10.3 Å². The first-order valence-electron chi connectivity index (χ1n) is 6.25. The van der Waals surface area contributed by atoms with E-state index in [1.807, 2.05) is 24.3 Å². The van der Waals surface area contributed by atoms with E-state index in [4.69, 9.17) is 9.84 Å². The molecular weight excluding hydrogens is 256 g/mol. The number of hydrogen-bond donors (Lipinski definition) is 2. The van der Waals surface area contributed by atoms with E-state index in [0.717, 1.165) is 17.7 Å². The number of anilines is 1. The summed E-state index contributed by atoms with van der Waals surface area (Å²) in [5.74, 6) is 0.435. The highest BCUT2D eigenvalue weighted by Gasteiger charge is 2.03. The number of carboxylic acid groups (broad SMARTS) is 1. The van der Waals surface area contributed by atoms with E-state index in [0.29, 0.717) is 12.4 Å². The van der Waals surface area contributed by atoms with Gasteiger partial charge in [0.1, 0.15) is 11.6 Å². The van der Waals surface area contributed by atoms with Crippen molar-refractivity contribution in [3.8, 4) is 5.75 Å². The van der Waals surface area contributed by atoms with Gasteiger partial charge >= 0.3 is 5.97 Å². The molecule has 0 aliphatic rings. The third kappa shape index (κ3) is 3.71. The van der Waals surface area contributed by atoms with Crippen LogP contribution in [0.15, 0.2) is 42.6 Å². The highest BCUT2D eigenvalue weighted by atomic mass is 16.5. The molecule has 0 fully saturated rings. The molecule has 104 valence electrons. The summed E-state index contributed by atoms with van der Waals surface area (Å²) in [6.07, 6.45) is 2.29. The molecule has 2 N–H and O–H groups in total. The van der Waals surface area contributed by atoms with Gasteiger partial charge in [0.15, 0.2) is 0 Å². The zero-order valence-corrected chi connectivity index (χ0v) is 11.2. The van der Waals surface area contributed by atoms with Crippen molar-refractivity contribution in [2.24, 2.45) is 0 Å². The van der Waals surface area contributed by atoms with Gasteiger partial charge < -0.3 is 15.2 Å². The molecule has 2 rings (SSSR count). The molecule has 0 aliphatic heterocycles. The number of aromatic carboxylic acids is 1. The number of ether oxygens (including phenoxy) is 1. The van der Waals surface area contributed by atoms with Crippen molar-refractivity contribution in [1.82, 2.24) is 4.98 Å². The fourth-order valence-corrected chi connectivity index (χ4v) is 1.82. The van der Waals surface area contributed by atoms with E-state index in [1.54, 1.807) is 7.11 Å². The molecule has 2 aromatic rings. The van der Waals surface area contributed by atoms with Crippen LogP contribution in [0, 0.1) is 0 Å². The molecule has 5 nitrogen and oxygen atoms in total. The Hall–Kier alpha value is -2.56. The zero-order chi connectivity index (χ0) is 14.4. The third-order valence-electron chi connectivity index (χ3n) is 2.86. The van der Waals surface area contributed by atoms with E-state index >= 15 is 0 Å². The third-order valence-corrected chi connectivity index (χ3v) is 2.86. The van der Waals surface area contributed by atoms with Crippen LogP contribution in [0.4, 0.5) is 5.82 Å². The Morgan fingerprint density at radius 3 is 2.95 bits per heavy atom. The van der Waals surface area contributed by atoms with Crippen molar-refractivity contribution in [1.29, 1.82) is 0 Å². The molecule has 0 saturated carbocycles. The predicted octanol–water partition coefficient (Wildman–Crippen LogP) is 2.44. The lowest BCUT2D eigenvalue weighted by Crippen LogP contribution is -2.07. The first-order valence-corrected chi connectivity index (χ1v) is 6.25. The number of nitrogens with zero attached hydrogens (tertiary/aromatic N) is 1. The fourth-order valence-electron chi connectivity index (χ4n) is 1.82. The Bertz CT molecular complexity index is 599. The van der Waals surface area contributed by atoms with Crippen molar-refractivity contribution >= 4 is 11.8 Å². The molecular formula is C15H16N2O3. The van der Waals surface area contributed by atoms with Crippen LogP contribution in [0.25, 0.3) is 0 Å². The van der Waals surface area contributed by atoms with Crippen molar-refractivity contribution in [2.75, 3.05) is 19.0 Å². The number of rotatable bonds is 6. The summed E-state index contributed by atoms with van der Waals surface area (Å²) in [4.78, 5) is 14.9. The van der Waals surface area contributed by atoms with Gasteiger partial charge in [0.2, 0.25) is 0 Å². The van der Waals surface area contributed by atoms with E-state index < -0.39 is 5.97 Å². The van der Waals surface area contributed by atoms with Crippen LogP contribution in [0.5, 0.6) is 5.75 Å². The van der Waals surface area contributed by atoms with Crippen LogP contribution in [-0.2, 0) is 6.42 Å². The number of carboxylic acids is 1. The van der Waals surface area contributed by atoms with Crippen LogP contribution in [-0.4, -0.2) is 29.7 Å². The van der Waals surface area contributed by atoms with Gasteiger partial charge in [-0.25, -0.2) is 9.78 Å². The number of hydrogen-bond acceptors (Lipinski definition) is 4. The van der Waals surface area contributed by atoms with Crippen molar-refractivity contribution in [3.05, 3.63) is 53.7 Å². The topological polar surface area (TPSA) is 71.5 Å². The van der Waals surface area contributed by atoms with Gasteiger partial charge in [-0.05, 0) is 36.2 Å². The Kier molecular flexibility index (Phi) is 4.55. The lowest BCUT2D eigenvalue weighted by atomic mass is 10.1.